The minimum absolute atomic E-state index is 0.102. The van der Waals surface area contributed by atoms with Gasteiger partial charge in [0.25, 0.3) is 0 Å². The van der Waals surface area contributed by atoms with Crippen LogP contribution in [0, 0.1) is 5.82 Å². The standard InChI is InChI=1S/C27H33FN4O4/c1-27(2,3)36-26(35)31-21(12-17-6-4-5-7-22(17)28)14-24(33)32-16-18-10-11-29-15-19(18)13-23(32)25(34)30-20-8-9-20/h4-7,10-11,15,20-21,23H,8-9,12-14,16H2,1-3H3,(H,30,34)(H,31,35)/t21-,23?/m1/s1. The lowest BCUT2D eigenvalue weighted by atomic mass is 9.93. The highest BCUT2D eigenvalue weighted by Gasteiger charge is 2.37. The molecule has 1 aromatic heterocycles. The Kier molecular flexibility index (Phi) is 7.56. The molecule has 2 N–H and O–H groups in total. The molecule has 9 heteroatoms. The van der Waals surface area contributed by atoms with Gasteiger partial charge in [0.2, 0.25) is 11.8 Å². The summed E-state index contributed by atoms with van der Waals surface area (Å²) >= 11 is 0. The van der Waals surface area contributed by atoms with Gasteiger partial charge in [-0.15, -0.1) is 0 Å². The Bertz CT molecular complexity index is 1130. The number of alkyl carbamates (subject to hydrolysis) is 1. The summed E-state index contributed by atoms with van der Waals surface area (Å²) in [6.45, 7) is 5.49. The maximum atomic E-state index is 14.4. The predicted octanol–water partition coefficient (Wildman–Crippen LogP) is 3.28. The Morgan fingerprint density at radius 2 is 1.92 bits per heavy atom. The van der Waals surface area contributed by atoms with Crippen LogP contribution in [-0.4, -0.2) is 51.5 Å². The van der Waals surface area contributed by atoms with Gasteiger partial charge in [0.15, 0.2) is 0 Å². The molecule has 1 aliphatic heterocycles. The molecule has 36 heavy (non-hydrogen) atoms. The molecule has 0 saturated heterocycles. The van der Waals surface area contributed by atoms with Crippen LogP contribution in [-0.2, 0) is 33.7 Å². The minimum Gasteiger partial charge on any atom is -0.444 e. The second-order valence-corrected chi connectivity index (χ2v) is 10.5. The first-order valence-electron chi connectivity index (χ1n) is 12.3. The van der Waals surface area contributed by atoms with Gasteiger partial charge in [0.05, 0.1) is 0 Å². The summed E-state index contributed by atoms with van der Waals surface area (Å²) in [6.07, 6.45) is 4.95. The van der Waals surface area contributed by atoms with Crippen LogP contribution < -0.4 is 10.6 Å². The van der Waals surface area contributed by atoms with Crippen molar-refractivity contribution < 1.29 is 23.5 Å². The molecule has 1 aromatic carbocycles. The highest BCUT2D eigenvalue weighted by atomic mass is 19.1. The number of pyridine rings is 1. The van der Waals surface area contributed by atoms with Gasteiger partial charge in [-0.3, -0.25) is 14.6 Å². The van der Waals surface area contributed by atoms with Crippen molar-refractivity contribution in [2.75, 3.05) is 0 Å². The van der Waals surface area contributed by atoms with E-state index in [9.17, 15) is 18.8 Å². The van der Waals surface area contributed by atoms with E-state index in [4.69, 9.17) is 4.74 Å². The quantitative estimate of drug-likeness (QED) is 0.613. The molecule has 2 atom stereocenters. The molecule has 0 radical (unpaired) electrons. The van der Waals surface area contributed by atoms with Crippen LogP contribution >= 0.6 is 0 Å². The Morgan fingerprint density at radius 1 is 1.17 bits per heavy atom. The van der Waals surface area contributed by atoms with Crippen LogP contribution in [0.4, 0.5) is 9.18 Å². The summed E-state index contributed by atoms with van der Waals surface area (Å²) < 4.78 is 19.8. The summed E-state index contributed by atoms with van der Waals surface area (Å²) in [6, 6.07) is 6.87. The van der Waals surface area contributed by atoms with E-state index in [0.29, 0.717) is 12.0 Å². The second-order valence-electron chi connectivity index (χ2n) is 10.5. The first-order chi connectivity index (χ1) is 17.1. The van der Waals surface area contributed by atoms with Gasteiger partial charge in [-0.2, -0.15) is 0 Å². The fraction of sp³-hybridized carbons (Fsp3) is 0.481. The zero-order valence-electron chi connectivity index (χ0n) is 20.9. The number of nitrogens with zero attached hydrogens (tertiary/aromatic N) is 2. The van der Waals surface area contributed by atoms with Crippen LogP contribution in [0.5, 0.6) is 0 Å². The fourth-order valence-electron chi connectivity index (χ4n) is 4.33. The van der Waals surface area contributed by atoms with Crippen molar-refractivity contribution in [1.29, 1.82) is 0 Å². The lowest BCUT2D eigenvalue weighted by Crippen LogP contribution is -2.54. The molecule has 1 fully saturated rings. The molecule has 8 nitrogen and oxygen atoms in total. The van der Waals surface area contributed by atoms with Gasteiger partial charge in [-0.05, 0) is 68.9 Å². The summed E-state index contributed by atoms with van der Waals surface area (Å²) in [5.41, 5.74) is 1.52. The van der Waals surface area contributed by atoms with Crippen molar-refractivity contribution in [1.82, 2.24) is 20.5 Å². The molecule has 1 unspecified atom stereocenters. The largest absolute Gasteiger partial charge is 0.444 e. The molecule has 3 amide bonds. The van der Waals surface area contributed by atoms with E-state index in [-0.39, 0.29) is 37.2 Å². The molecular formula is C27H33FN4O4. The SMILES string of the molecule is CC(C)(C)OC(=O)N[C@@H](CC(=O)N1Cc2ccncc2CC1C(=O)NC1CC1)Cc1ccccc1F. The number of hydrogen-bond acceptors (Lipinski definition) is 5. The first-order valence-corrected chi connectivity index (χ1v) is 12.3. The minimum atomic E-state index is -0.729. The van der Waals surface area contributed by atoms with Crippen molar-refractivity contribution >= 4 is 17.9 Å². The average molecular weight is 497 g/mol. The molecule has 2 aliphatic rings. The third-order valence-electron chi connectivity index (χ3n) is 6.25. The molecule has 0 spiro atoms. The number of nitrogens with one attached hydrogen (secondary N) is 2. The molecule has 192 valence electrons. The van der Waals surface area contributed by atoms with Crippen LogP contribution in [0.15, 0.2) is 42.7 Å². The van der Waals surface area contributed by atoms with E-state index >= 15 is 0 Å². The lowest BCUT2D eigenvalue weighted by molar-refractivity contribution is -0.142. The van der Waals surface area contributed by atoms with E-state index in [1.54, 1.807) is 56.3 Å². The van der Waals surface area contributed by atoms with Crippen LogP contribution in [0.3, 0.4) is 0 Å². The molecule has 4 rings (SSSR count). The maximum absolute atomic E-state index is 14.4. The van der Waals surface area contributed by atoms with Crippen molar-refractivity contribution in [3.05, 3.63) is 65.2 Å². The smallest absolute Gasteiger partial charge is 0.407 e. The predicted molar refractivity (Wildman–Crippen MR) is 131 cm³/mol. The normalized spacial score (nSPS) is 18.1. The van der Waals surface area contributed by atoms with Gasteiger partial charge >= 0.3 is 6.09 Å². The lowest BCUT2D eigenvalue weighted by Gasteiger charge is -2.36. The van der Waals surface area contributed by atoms with Crippen LogP contribution in [0.1, 0.15) is 56.7 Å². The van der Waals surface area contributed by atoms with E-state index in [1.165, 1.54) is 6.07 Å². The Balaban J connectivity index is 1.54. The van der Waals surface area contributed by atoms with Crippen molar-refractivity contribution in [3.8, 4) is 0 Å². The summed E-state index contributed by atoms with van der Waals surface area (Å²) in [5, 5.41) is 5.74. The summed E-state index contributed by atoms with van der Waals surface area (Å²) in [7, 11) is 0. The van der Waals surface area contributed by atoms with Gasteiger partial charge in [-0.1, -0.05) is 18.2 Å². The number of rotatable bonds is 7. The monoisotopic (exact) mass is 496 g/mol. The van der Waals surface area contributed by atoms with Gasteiger partial charge in [0, 0.05) is 43.9 Å². The van der Waals surface area contributed by atoms with Crippen LogP contribution in [0.2, 0.25) is 0 Å². The number of hydrogen-bond donors (Lipinski definition) is 2. The first kappa shape index (κ1) is 25.6. The maximum Gasteiger partial charge on any atom is 0.407 e. The number of amides is 3. The zero-order valence-corrected chi connectivity index (χ0v) is 20.9. The van der Waals surface area contributed by atoms with E-state index in [0.717, 1.165) is 24.0 Å². The van der Waals surface area contributed by atoms with E-state index in [1.807, 2.05) is 6.07 Å². The van der Waals surface area contributed by atoms with Crippen molar-refractivity contribution in [3.63, 3.8) is 0 Å². The highest BCUT2D eigenvalue weighted by molar-refractivity contribution is 5.89. The number of fused-ring (bicyclic) bond motifs is 1. The van der Waals surface area contributed by atoms with Crippen molar-refractivity contribution in [2.24, 2.45) is 0 Å². The second kappa shape index (κ2) is 10.6. The fourth-order valence-corrected chi connectivity index (χ4v) is 4.33. The molecule has 0 bridgehead atoms. The van der Waals surface area contributed by atoms with Gasteiger partial charge < -0.3 is 20.3 Å². The Hall–Kier alpha value is -3.49. The average Bonchev–Trinajstić information content (AvgIpc) is 3.62. The summed E-state index contributed by atoms with van der Waals surface area (Å²) in [5.74, 6) is -0.904. The molecule has 2 heterocycles. The number of carbonyl (C=O) groups is 3. The van der Waals surface area contributed by atoms with Crippen molar-refractivity contribution in [2.45, 2.75) is 83.1 Å². The highest BCUT2D eigenvalue weighted by Crippen LogP contribution is 2.26. The number of benzene rings is 1. The topological polar surface area (TPSA) is 101 Å². The molecule has 1 saturated carbocycles. The number of halogens is 1. The Labute approximate surface area is 210 Å². The molecule has 1 aliphatic carbocycles. The third-order valence-corrected chi connectivity index (χ3v) is 6.25. The molecular weight excluding hydrogens is 463 g/mol. The number of ether oxygens (including phenoxy) is 1. The van der Waals surface area contributed by atoms with Crippen LogP contribution in [0.25, 0.3) is 0 Å². The van der Waals surface area contributed by atoms with E-state index in [2.05, 4.69) is 15.6 Å². The number of aromatic nitrogens is 1. The van der Waals surface area contributed by atoms with Gasteiger partial charge in [0.1, 0.15) is 17.5 Å². The zero-order chi connectivity index (χ0) is 25.9. The van der Waals surface area contributed by atoms with Gasteiger partial charge in [-0.25, -0.2) is 9.18 Å². The summed E-state index contributed by atoms with van der Waals surface area (Å²) in [4.78, 5) is 45.0. The van der Waals surface area contributed by atoms with E-state index < -0.39 is 29.6 Å². The number of carbonyl (C=O) groups excluding carboxylic acids is 3. The molecule has 2 aromatic rings. The Morgan fingerprint density at radius 3 is 2.61 bits per heavy atom. The third kappa shape index (κ3) is 6.80.